The Kier molecular flexibility index (Phi) is 3.51. The fourth-order valence-electron chi connectivity index (χ4n) is 2.06. The Morgan fingerprint density at radius 1 is 1.26 bits per heavy atom. The minimum Gasteiger partial charge on any atom is -0.480 e. The molecule has 0 bridgehead atoms. The maximum Gasteiger partial charge on any atom is 0.327 e. The van der Waals surface area contributed by atoms with E-state index in [9.17, 15) is 14.7 Å². The van der Waals surface area contributed by atoms with Crippen molar-refractivity contribution in [2.45, 2.75) is 6.42 Å². The van der Waals surface area contributed by atoms with Crippen LogP contribution in [0.4, 0.5) is 0 Å². The number of benzene rings is 1. The van der Waals surface area contributed by atoms with Gasteiger partial charge in [-0.05, 0) is 17.6 Å². The lowest BCUT2D eigenvalue weighted by atomic mass is 9.79. The van der Waals surface area contributed by atoms with Crippen molar-refractivity contribution >= 4 is 17.5 Å². The van der Waals surface area contributed by atoms with Crippen LogP contribution < -0.4 is 0 Å². The summed E-state index contributed by atoms with van der Waals surface area (Å²) in [6.45, 7) is 0. The molecular formula is C15H14O4. The summed E-state index contributed by atoms with van der Waals surface area (Å²) in [7, 11) is 1.19. The summed E-state index contributed by atoms with van der Waals surface area (Å²) in [6.07, 6.45) is 4.91. The molecule has 0 saturated carbocycles. The fourth-order valence-corrected chi connectivity index (χ4v) is 2.06. The monoisotopic (exact) mass is 258 g/mol. The van der Waals surface area contributed by atoms with Crippen molar-refractivity contribution in [2.75, 3.05) is 7.11 Å². The quantitative estimate of drug-likeness (QED) is 0.667. The van der Waals surface area contributed by atoms with Crippen LogP contribution in [0.15, 0.2) is 48.6 Å². The van der Waals surface area contributed by atoms with Gasteiger partial charge in [0.1, 0.15) is 0 Å². The second-order valence-electron chi connectivity index (χ2n) is 4.33. The third-order valence-corrected chi connectivity index (χ3v) is 3.23. The van der Waals surface area contributed by atoms with Gasteiger partial charge in [-0.25, -0.2) is 0 Å². The van der Waals surface area contributed by atoms with Crippen LogP contribution in [-0.2, 0) is 14.3 Å². The summed E-state index contributed by atoms with van der Waals surface area (Å²) >= 11 is 0. The Morgan fingerprint density at radius 2 is 1.95 bits per heavy atom. The molecule has 0 aromatic heterocycles. The van der Waals surface area contributed by atoms with E-state index in [1.165, 1.54) is 13.2 Å². The lowest BCUT2D eigenvalue weighted by Gasteiger charge is -2.25. The molecule has 0 fully saturated rings. The van der Waals surface area contributed by atoms with Crippen molar-refractivity contribution < 1.29 is 19.4 Å². The molecule has 2 rings (SSSR count). The van der Waals surface area contributed by atoms with E-state index in [-0.39, 0.29) is 6.42 Å². The number of allylic oxidation sites excluding steroid dienone is 3. The van der Waals surface area contributed by atoms with Crippen molar-refractivity contribution in [3.8, 4) is 0 Å². The minimum absolute atomic E-state index is 0.0930. The third kappa shape index (κ3) is 2.29. The van der Waals surface area contributed by atoms with Crippen LogP contribution in [0, 0.1) is 5.41 Å². The summed E-state index contributed by atoms with van der Waals surface area (Å²) in [5.74, 6) is -1.95. The van der Waals surface area contributed by atoms with Crippen LogP contribution in [0.2, 0.25) is 0 Å². The van der Waals surface area contributed by atoms with Gasteiger partial charge in [0, 0.05) is 0 Å². The van der Waals surface area contributed by atoms with E-state index in [0.29, 0.717) is 0 Å². The van der Waals surface area contributed by atoms with Crippen LogP contribution in [0.3, 0.4) is 0 Å². The molecule has 1 aliphatic rings. The van der Waals surface area contributed by atoms with Crippen molar-refractivity contribution in [1.82, 2.24) is 0 Å². The number of rotatable bonds is 3. The Bertz CT molecular complexity index is 557. The van der Waals surface area contributed by atoms with Crippen molar-refractivity contribution in [3.63, 3.8) is 0 Å². The molecule has 19 heavy (non-hydrogen) atoms. The van der Waals surface area contributed by atoms with Crippen LogP contribution in [-0.4, -0.2) is 24.2 Å². The highest BCUT2D eigenvalue weighted by molar-refractivity contribution is 6.03. The number of carbonyl (C=O) groups excluding carboxylic acids is 1. The van der Waals surface area contributed by atoms with E-state index in [1.54, 1.807) is 12.2 Å². The Hall–Kier alpha value is -2.36. The van der Waals surface area contributed by atoms with Gasteiger partial charge in [-0.15, -0.1) is 0 Å². The van der Waals surface area contributed by atoms with Crippen LogP contribution in [0.1, 0.15) is 12.0 Å². The van der Waals surface area contributed by atoms with Gasteiger partial charge in [-0.3, -0.25) is 9.59 Å². The first-order valence-corrected chi connectivity index (χ1v) is 5.87. The highest BCUT2D eigenvalue weighted by Crippen LogP contribution is 2.34. The molecule has 98 valence electrons. The van der Waals surface area contributed by atoms with E-state index in [1.807, 2.05) is 30.3 Å². The van der Waals surface area contributed by atoms with Gasteiger partial charge < -0.3 is 9.84 Å². The van der Waals surface area contributed by atoms with Gasteiger partial charge >= 0.3 is 11.9 Å². The highest BCUT2D eigenvalue weighted by Gasteiger charge is 2.45. The number of esters is 1. The second kappa shape index (κ2) is 5.10. The van der Waals surface area contributed by atoms with Gasteiger partial charge in [-0.1, -0.05) is 48.6 Å². The van der Waals surface area contributed by atoms with Crippen LogP contribution >= 0.6 is 0 Å². The molecule has 4 nitrogen and oxygen atoms in total. The number of hydrogen-bond donors (Lipinski definition) is 1. The standard InChI is InChI=1S/C15H14O4/c1-19-14(18)15(13(16)17)9-7-12(8-10-15)11-5-3-2-4-6-11/h2-9H,10H2,1H3,(H,16,17). The summed E-state index contributed by atoms with van der Waals surface area (Å²) in [5, 5.41) is 9.27. The van der Waals surface area contributed by atoms with E-state index >= 15 is 0 Å². The Balaban J connectivity index is 2.31. The summed E-state index contributed by atoms with van der Waals surface area (Å²) in [4.78, 5) is 23.0. The molecule has 0 spiro atoms. The van der Waals surface area contributed by atoms with Gasteiger partial charge in [0.15, 0.2) is 5.41 Å². The lowest BCUT2D eigenvalue weighted by Crippen LogP contribution is -2.39. The Labute approximate surface area is 111 Å². The third-order valence-electron chi connectivity index (χ3n) is 3.23. The molecule has 0 amide bonds. The maximum absolute atomic E-state index is 11.7. The molecule has 1 aromatic rings. The molecule has 1 aromatic carbocycles. The zero-order valence-corrected chi connectivity index (χ0v) is 10.5. The normalized spacial score (nSPS) is 21.6. The predicted octanol–water partition coefficient (Wildman–Crippen LogP) is 2.27. The van der Waals surface area contributed by atoms with Crippen molar-refractivity contribution in [2.24, 2.45) is 5.41 Å². The largest absolute Gasteiger partial charge is 0.480 e. The average Bonchev–Trinajstić information content (AvgIpc) is 2.47. The number of ether oxygens (including phenoxy) is 1. The highest BCUT2D eigenvalue weighted by atomic mass is 16.5. The zero-order chi connectivity index (χ0) is 13.9. The first-order chi connectivity index (χ1) is 9.10. The van der Waals surface area contributed by atoms with E-state index in [0.717, 1.165) is 11.1 Å². The summed E-state index contributed by atoms with van der Waals surface area (Å²) in [6, 6.07) is 9.59. The van der Waals surface area contributed by atoms with Crippen LogP contribution in [0.25, 0.3) is 5.57 Å². The number of methoxy groups -OCH3 is 1. The first-order valence-electron chi connectivity index (χ1n) is 5.87. The van der Waals surface area contributed by atoms with Gasteiger partial charge in [0.05, 0.1) is 7.11 Å². The zero-order valence-electron chi connectivity index (χ0n) is 10.5. The van der Waals surface area contributed by atoms with Gasteiger partial charge in [-0.2, -0.15) is 0 Å². The maximum atomic E-state index is 11.7. The van der Waals surface area contributed by atoms with E-state index in [4.69, 9.17) is 0 Å². The number of carboxylic acids is 1. The molecule has 0 saturated heterocycles. The molecule has 4 heteroatoms. The molecule has 0 aliphatic heterocycles. The molecule has 1 aliphatic carbocycles. The van der Waals surface area contributed by atoms with E-state index in [2.05, 4.69) is 4.74 Å². The lowest BCUT2D eigenvalue weighted by molar-refractivity contribution is -0.162. The minimum atomic E-state index is -1.60. The first kappa shape index (κ1) is 13.1. The number of aliphatic carboxylic acids is 1. The smallest absolute Gasteiger partial charge is 0.327 e. The fraction of sp³-hybridized carbons (Fsp3) is 0.200. The molecule has 1 N–H and O–H groups in total. The SMILES string of the molecule is COC(=O)C1(C(=O)O)C=CC(c2ccccc2)=CC1. The predicted molar refractivity (Wildman–Crippen MR) is 70.3 cm³/mol. The number of carbonyl (C=O) groups is 2. The van der Waals surface area contributed by atoms with Crippen molar-refractivity contribution in [3.05, 3.63) is 54.1 Å². The van der Waals surface area contributed by atoms with Gasteiger partial charge in [0.2, 0.25) is 0 Å². The molecule has 0 heterocycles. The second-order valence-corrected chi connectivity index (χ2v) is 4.33. The topological polar surface area (TPSA) is 63.6 Å². The van der Waals surface area contributed by atoms with Crippen molar-refractivity contribution in [1.29, 1.82) is 0 Å². The molecule has 1 unspecified atom stereocenters. The summed E-state index contributed by atoms with van der Waals surface area (Å²) in [5.41, 5.74) is 0.288. The molecule has 0 radical (unpaired) electrons. The van der Waals surface area contributed by atoms with E-state index < -0.39 is 17.4 Å². The van der Waals surface area contributed by atoms with Gasteiger partial charge in [0.25, 0.3) is 0 Å². The molecular weight excluding hydrogens is 244 g/mol. The van der Waals surface area contributed by atoms with Crippen LogP contribution in [0.5, 0.6) is 0 Å². The molecule has 1 atom stereocenters. The summed E-state index contributed by atoms with van der Waals surface area (Å²) < 4.78 is 4.60. The Morgan fingerprint density at radius 3 is 2.42 bits per heavy atom. The number of carboxylic acid groups (broad SMARTS) is 1. The number of hydrogen-bond acceptors (Lipinski definition) is 3. The average molecular weight is 258 g/mol.